The second-order valence-electron chi connectivity index (χ2n) is 7.01. The van der Waals surface area contributed by atoms with Gasteiger partial charge >= 0.3 is 5.97 Å². The second kappa shape index (κ2) is 9.78. The predicted octanol–water partition coefficient (Wildman–Crippen LogP) is 2.82. The van der Waals surface area contributed by atoms with Gasteiger partial charge in [0.2, 0.25) is 0 Å². The number of hydrogen-bond acceptors (Lipinski definition) is 5. The molecule has 0 radical (unpaired) electrons. The van der Waals surface area contributed by atoms with Crippen LogP contribution in [0.2, 0.25) is 0 Å². The Labute approximate surface area is 150 Å². The van der Waals surface area contributed by atoms with Gasteiger partial charge in [-0.25, -0.2) is 0 Å². The lowest BCUT2D eigenvalue weighted by atomic mass is 9.98. The first-order valence-electron chi connectivity index (χ1n) is 9.30. The summed E-state index contributed by atoms with van der Waals surface area (Å²) in [4.78, 5) is 14.0. The van der Waals surface area contributed by atoms with Crippen LogP contribution in [0.15, 0.2) is 24.3 Å². The van der Waals surface area contributed by atoms with Gasteiger partial charge in [0, 0.05) is 13.1 Å². The maximum Gasteiger partial charge on any atom is 0.310 e. The topological polar surface area (TPSA) is 59.0 Å². The Morgan fingerprint density at radius 1 is 1.36 bits per heavy atom. The summed E-state index contributed by atoms with van der Waals surface area (Å²) < 4.78 is 11.0. The highest BCUT2D eigenvalue weighted by molar-refractivity contribution is 5.72. The van der Waals surface area contributed by atoms with Crippen LogP contribution >= 0.6 is 0 Å². The third kappa shape index (κ3) is 6.01. The van der Waals surface area contributed by atoms with E-state index in [1.165, 1.54) is 0 Å². The third-order valence-electron chi connectivity index (χ3n) is 4.57. The smallest absolute Gasteiger partial charge is 0.310 e. The quantitative estimate of drug-likeness (QED) is 0.731. The predicted molar refractivity (Wildman–Crippen MR) is 97.8 cm³/mol. The van der Waals surface area contributed by atoms with E-state index in [-0.39, 0.29) is 18.5 Å². The lowest BCUT2D eigenvalue weighted by Gasteiger charge is -2.32. The number of aliphatic hydroxyl groups excluding tert-OH is 1. The number of likely N-dealkylation sites (tertiary alicyclic amines) is 1. The van der Waals surface area contributed by atoms with Crippen LogP contribution in [0, 0.1) is 5.92 Å². The van der Waals surface area contributed by atoms with E-state index in [4.69, 9.17) is 9.47 Å². The van der Waals surface area contributed by atoms with E-state index >= 15 is 0 Å². The molecule has 1 aromatic carbocycles. The van der Waals surface area contributed by atoms with Crippen molar-refractivity contribution in [2.75, 3.05) is 32.8 Å². The highest BCUT2D eigenvalue weighted by atomic mass is 16.5. The molecular weight excluding hydrogens is 318 g/mol. The summed E-state index contributed by atoms with van der Waals surface area (Å²) in [5.74, 6) is 1.01. The Balaban J connectivity index is 1.82. The van der Waals surface area contributed by atoms with Gasteiger partial charge in [0.25, 0.3) is 0 Å². The first kappa shape index (κ1) is 19.7. The van der Waals surface area contributed by atoms with Crippen molar-refractivity contribution in [1.29, 1.82) is 0 Å². The lowest BCUT2D eigenvalue weighted by molar-refractivity contribution is -0.150. The van der Waals surface area contributed by atoms with Crippen LogP contribution in [0.1, 0.15) is 45.1 Å². The molecule has 0 aliphatic carbocycles. The molecule has 0 spiro atoms. The summed E-state index contributed by atoms with van der Waals surface area (Å²) in [6, 6.07) is 7.95. The fourth-order valence-electron chi connectivity index (χ4n) is 3.30. The average molecular weight is 349 g/mol. The van der Waals surface area contributed by atoms with Gasteiger partial charge in [-0.15, -0.1) is 0 Å². The maximum absolute atomic E-state index is 11.9. The molecule has 25 heavy (non-hydrogen) atoms. The number of nitrogens with zero attached hydrogens (tertiary/aromatic N) is 1. The molecule has 1 aromatic rings. The van der Waals surface area contributed by atoms with Crippen molar-refractivity contribution in [2.24, 2.45) is 5.92 Å². The van der Waals surface area contributed by atoms with Crippen molar-refractivity contribution < 1.29 is 19.4 Å². The van der Waals surface area contributed by atoms with E-state index in [0.29, 0.717) is 25.6 Å². The molecule has 0 amide bonds. The van der Waals surface area contributed by atoms with Gasteiger partial charge in [-0.2, -0.15) is 0 Å². The maximum atomic E-state index is 11.9. The van der Waals surface area contributed by atoms with Crippen molar-refractivity contribution in [3.63, 3.8) is 0 Å². The summed E-state index contributed by atoms with van der Waals surface area (Å²) in [5, 5.41) is 10.3. The fourth-order valence-corrected chi connectivity index (χ4v) is 3.30. The second-order valence-corrected chi connectivity index (χ2v) is 7.01. The fraction of sp³-hybridized carbons (Fsp3) is 0.650. The number of piperidine rings is 1. The molecule has 1 saturated heterocycles. The Morgan fingerprint density at radius 2 is 2.12 bits per heavy atom. The molecular formula is C20H31NO4. The molecule has 2 rings (SSSR count). The summed E-state index contributed by atoms with van der Waals surface area (Å²) in [5.41, 5.74) is 1.15. The number of esters is 1. The minimum absolute atomic E-state index is 0.0801. The molecule has 2 atom stereocenters. The van der Waals surface area contributed by atoms with Gasteiger partial charge in [-0.05, 0) is 43.9 Å². The van der Waals surface area contributed by atoms with Crippen LogP contribution in [0.4, 0.5) is 0 Å². The van der Waals surface area contributed by atoms with E-state index in [1.807, 2.05) is 25.1 Å². The van der Waals surface area contributed by atoms with Crippen LogP contribution in [-0.2, 0) is 9.53 Å². The summed E-state index contributed by atoms with van der Waals surface area (Å²) >= 11 is 0. The van der Waals surface area contributed by atoms with E-state index in [2.05, 4.69) is 24.8 Å². The molecule has 0 bridgehead atoms. The number of carbonyl (C=O) groups excluding carboxylic acids is 1. The molecule has 140 valence electrons. The molecule has 1 fully saturated rings. The molecule has 5 nitrogen and oxygen atoms in total. The van der Waals surface area contributed by atoms with Crippen molar-refractivity contribution in [2.45, 2.75) is 45.6 Å². The number of hydrogen-bond donors (Lipinski definition) is 1. The molecule has 0 aromatic heterocycles. The Bertz CT molecular complexity index is 546. The molecule has 1 heterocycles. The van der Waals surface area contributed by atoms with Gasteiger partial charge < -0.3 is 14.6 Å². The first-order valence-corrected chi connectivity index (χ1v) is 9.30. The Kier molecular flexibility index (Phi) is 7.72. The van der Waals surface area contributed by atoms with Crippen molar-refractivity contribution in [1.82, 2.24) is 4.90 Å². The van der Waals surface area contributed by atoms with Crippen molar-refractivity contribution in [3.8, 4) is 5.75 Å². The largest absolute Gasteiger partial charge is 0.491 e. The zero-order valence-electron chi connectivity index (χ0n) is 15.6. The third-order valence-corrected chi connectivity index (χ3v) is 4.57. The number of carbonyl (C=O) groups is 1. The van der Waals surface area contributed by atoms with E-state index in [1.54, 1.807) is 0 Å². The van der Waals surface area contributed by atoms with Crippen molar-refractivity contribution >= 4 is 5.97 Å². The SMILES string of the molecule is CCOC(=O)[C@@H]1CCCN(C[C@H](O)COc2ccccc2C(C)C)C1. The van der Waals surface area contributed by atoms with Crippen LogP contribution in [0.3, 0.4) is 0 Å². The Hall–Kier alpha value is -1.59. The van der Waals surface area contributed by atoms with Gasteiger partial charge in [-0.1, -0.05) is 32.0 Å². The van der Waals surface area contributed by atoms with E-state index < -0.39 is 6.10 Å². The highest BCUT2D eigenvalue weighted by Gasteiger charge is 2.27. The summed E-state index contributed by atoms with van der Waals surface area (Å²) in [7, 11) is 0. The molecule has 5 heteroatoms. The van der Waals surface area contributed by atoms with Gasteiger partial charge in [0.15, 0.2) is 0 Å². The molecule has 1 aliphatic heterocycles. The van der Waals surface area contributed by atoms with Gasteiger partial charge in [-0.3, -0.25) is 9.69 Å². The average Bonchev–Trinajstić information content (AvgIpc) is 2.60. The molecule has 1 N–H and O–H groups in total. The minimum atomic E-state index is -0.582. The number of benzene rings is 1. The molecule has 1 aliphatic rings. The van der Waals surface area contributed by atoms with Crippen LogP contribution in [0.5, 0.6) is 5.75 Å². The van der Waals surface area contributed by atoms with Crippen LogP contribution in [-0.4, -0.2) is 54.9 Å². The zero-order chi connectivity index (χ0) is 18.2. The highest BCUT2D eigenvalue weighted by Crippen LogP contribution is 2.26. The lowest BCUT2D eigenvalue weighted by Crippen LogP contribution is -2.44. The van der Waals surface area contributed by atoms with Crippen molar-refractivity contribution in [3.05, 3.63) is 29.8 Å². The van der Waals surface area contributed by atoms with E-state index in [9.17, 15) is 9.90 Å². The number of β-amino-alcohol motifs (C(OH)–C–C–N with tert-alkyl or cyclic N) is 1. The standard InChI is InChI=1S/C20H31NO4/c1-4-24-20(23)16-8-7-11-21(12-16)13-17(22)14-25-19-10-6-5-9-18(19)15(2)3/h5-6,9-10,15-17,22H,4,7-8,11-14H2,1-3H3/t16-,17+/m1/s1. The number of rotatable bonds is 8. The van der Waals surface area contributed by atoms with E-state index in [0.717, 1.165) is 30.7 Å². The number of ether oxygens (including phenoxy) is 2. The van der Waals surface area contributed by atoms with Crippen LogP contribution < -0.4 is 4.74 Å². The minimum Gasteiger partial charge on any atom is -0.491 e. The number of aliphatic hydroxyl groups is 1. The van der Waals surface area contributed by atoms with Crippen LogP contribution in [0.25, 0.3) is 0 Å². The van der Waals surface area contributed by atoms with Gasteiger partial charge in [0.1, 0.15) is 18.5 Å². The number of para-hydroxylation sites is 1. The monoisotopic (exact) mass is 349 g/mol. The normalized spacial score (nSPS) is 19.6. The first-order chi connectivity index (χ1) is 12.0. The Morgan fingerprint density at radius 3 is 2.84 bits per heavy atom. The molecule has 0 saturated carbocycles. The van der Waals surface area contributed by atoms with Gasteiger partial charge in [0.05, 0.1) is 12.5 Å². The zero-order valence-corrected chi connectivity index (χ0v) is 15.6. The molecule has 0 unspecified atom stereocenters. The summed E-state index contributed by atoms with van der Waals surface area (Å²) in [6.45, 7) is 8.82. The summed E-state index contributed by atoms with van der Waals surface area (Å²) in [6.07, 6.45) is 1.23.